The van der Waals surface area contributed by atoms with Gasteiger partial charge in [0.2, 0.25) is 0 Å². The Balaban J connectivity index is 1.37. The van der Waals surface area contributed by atoms with Gasteiger partial charge in [-0.25, -0.2) is 0 Å². The zero-order chi connectivity index (χ0) is 27.1. The minimum Gasteiger partial charge on any atom is -0.497 e. The van der Waals surface area contributed by atoms with E-state index in [9.17, 15) is 23.1 Å². The fraction of sp³-hybridized carbons (Fsp3) is 0.400. The predicted molar refractivity (Wildman–Crippen MR) is 140 cm³/mol. The molecule has 2 atom stereocenters. The second-order valence-corrected chi connectivity index (χ2v) is 9.73. The lowest BCUT2D eigenvalue weighted by Gasteiger charge is -2.37. The number of aliphatic carboxylic acids is 1. The van der Waals surface area contributed by atoms with Crippen LogP contribution in [0.3, 0.4) is 0 Å². The van der Waals surface area contributed by atoms with E-state index in [0.29, 0.717) is 13.1 Å². The molecule has 0 unspecified atom stereocenters. The minimum absolute atomic E-state index is 0.0280. The number of rotatable bonds is 8. The number of aryl methyl sites for hydroxylation is 1. The number of aromatic nitrogens is 1. The van der Waals surface area contributed by atoms with Gasteiger partial charge in [-0.3, -0.25) is 14.7 Å². The Labute approximate surface area is 220 Å². The molecule has 5 nitrogen and oxygen atoms in total. The zero-order valence-corrected chi connectivity index (χ0v) is 21.3. The van der Waals surface area contributed by atoms with E-state index < -0.39 is 17.7 Å². The van der Waals surface area contributed by atoms with Crippen LogP contribution in [0.25, 0.3) is 10.9 Å². The van der Waals surface area contributed by atoms with E-state index >= 15 is 0 Å². The molecular weight excluding hydrogens is 493 g/mol. The Morgan fingerprint density at radius 3 is 2.76 bits per heavy atom. The molecule has 200 valence electrons. The molecule has 1 aliphatic rings. The van der Waals surface area contributed by atoms with Gasteiger partial charge in [0.25, 0.3) is 0 Å². The highest BCUT2D eigenvalue weighted by Crippen LogP contribution is 2.33. The van der Waals surface area contributed by atoms with Crippen molar-refractivity contribution in [2.45, 2.75) is 38.3 Å². The van der Waals surface area contributed by atoms with E-state index in [2.05, 4.69) is 21.7 Å². The number of carbonyl (C=O) groups is 1. The predicted octanol–water partition coefficient (Wildman–Crippen LogP) is 6.05. The SMILES string of the molecule is COc1ccc2nccc(CCC[C@@H]3CCN(CC#Cc4ccccc4C(F)(F)F)C[C@@H]3CC(=O)O)c2c1. The lowest BCUT2D eigenvalue weighted by molar-refractivity contribution is -0.139. The van der Waals surface area contributed by atoms with Gasteiger partial charge in [-0.05, 0) is 86.0 Å². The number of halogens is 3. The largest absolute Gasteiger partial charge is 0.497 e. The minimum atomic E-state index is -4.45. The molecule has 4 rings (SSSR count). The number of carboxylic acid groups (broad SMARTS) is 1. The Morgan fingerprint density at radius 2 is 2.00 bits per heavy atom. The number of alkyl halides is 3. The topological polar surface area (TPSA) is 62.7 Å². The molecule has 1 fully saturated rings. The highest BCUT2D eigenvalue weighted by Gasteiger charge is 2.33. The van der Waals surface area contributed by atoms with Crippen molar-refractivity contribution in [1.82, 2.24) is 9.88 Å². The van der Waals surface area contributed by atoms with Crippen molar-refractivity contribution in [3.63, 3.8) is 0 Å². The zero-order valence-electron chi connectivity index (χ0n) is 21.3. The Hall–Kier alpha value is -3.57. The lowest BCUT2D eigenvalue weighted by atomic mass is 9.80. The van der Waals surface area contributed by atoms with Gasteiger partial charge in [0, 0.05) is 30.1 Å². The standard InChI is InChI=1S/C30H31F3N2O3/c1-38-25-11-12-28-26(19-25)22(13-15-34-28)8-4-7-21-14-17-35(20-24(21)18-29(36)37)16-5-9-23-6-2-3-10-27(23)30(31,32)33/h2-3,6,10-13,15,19,21,24H,4,7-8,14,16-18,20H2,1H3,(H,36,37)/t21-,24+/m1/s1. The van der Waals surface area contributed by atoms with Crippen molar-refractivity contribution >= 4 is 16.9 Å². The fourth-order valence-corrected chi connectivity index (χ4v) is 5.30. The summed E-state index contributed by atoms with van der Waals surface area (Å²) < 4.78 is 45.0. The number of nitrogens with zero attached hydrogens (tertiary/aromatic N) is 2. The van der Waals surface area contributed by atoms with E-state index in [1.165, 1.54) is 17.7 Å². The summed E-state index contributed by atoms with van der Waals surface area (Å²) in [6.45, 7) is 1.62. The number of hydrogen-bond acceptors (Lipinski definition) is 4. The number of pyridine rings is 1. The third-order valence-electron chi connectivity index (χ3n) is 7.23. The van der Waals surface area contributed by atoms with Crippen LogP contribution in [0.5, 0.6) is 5.75 Å². The van der Waals surface area contributed by atoms with Crippen LogP contribution in [0.4, 0.5) is 13.2 Å². The molecule has 0 amide bonds. The van der Waals surface area contributed by atoms with E-state index in [1.807, 2.05) is 30.5 Å². The maximum Gasteiger partial charge on any atom is 0.417 e. The van der Waals surface area contributed by atoms with Gasteiger partial charge < -0.3 is 9.84 Å². The van der Waals surface area contributed by atoms with Crippen molar-refractivity contribution in [2.75, 3.05) is 26.7 Å². The monoisotopic (exact) mass is 524 g/mol. The second kappa shape index (κ2) is 12.3. The molecule has 1 aliphatic heterocycles. The number of carboxylic acids is 1. The van der Waals surface area contributed by atoms with Crippen LogP contribution in [0.2, 0.25) is 0 Å². The highest BCUT2D eigenvalue weighted by atomic mass is 19.4. The number of likely N-dealkylation sites (tertiary alicyclic amines) is 1. The van der Waals surface area contributed by atoms with E-state index in [1.54, 1.807) is 13.2 Å². The Bertz CT molecular complexity index is 1330. The Kier molecular flexibility index (Phi) is 8.90. The van der Waals surface area contributed by atoms with Crippen LogP contribution in [0.1, 0.15) is 42.4 Å². The maximum atomic E-state index is 13.2. The van der Waals surface area contributed by atoms with Gasteiger partial charge >= 0.3 is 12.1 Å². The number of ether oxygens (including phenoxy) is 1. The van der Waals surface area contributed by atoms with Crippen LogP contribution in [0, 0.1) is 23.7 Å². The van der Waals surface area contributed by atoms with E-state index in [-0.39, 0.29) is 23.8 Å². The van der Waals surface area contributed by atoms with Crippen molar-refractivity contribution in [2.24, 2.45) is 11.8 Å². The molecule has 0 radical (unpaired) electrons. The smallest absolute Gasteiger partial charge is 0.417 e. The van der Waals surface area contributed by atoms with Gasteiger partial charge in [0.05, 0.1) is 24.7 Å². The van der Waals surface area contributed by atoms with Crippen LogP contribution < -0.4 is 4.74 Å². The molecule has 38 heavy (non-hydrogen) atoms. The van der Waals surface area contributed by atoms with Gasteiger partial charge in [-0.2, -0.15) is 13.2 Å². The van der Waals surface area contributed by atoms with Gasteiger partial charge in [0.15, 0.2) is 0 Å². The molecule has 2 aromatic carbocycles. The first-order valence-corrected chi connectivity index (χ1v) is 12.8. The molecule has 1 N–H and O–H groups in total. The second-order valence-electron chi connectivity index (χ2n) is 9.73. The summed E-state index contributed by atoms with van der Waals surface area (Å²) in [6.07, 6.45) is 0.949. The quantitative estimate of drug-likeness (QED) is 0.364. The average molecular weight is 525 g/mol. The van der Waals surface area contributed by atoms with Crippen LogP contribution in [0.15, 0.2) is 54.7 Å². The number of benzene rings is 2. The summed E-state index contributed by atoms with van der Waals surface area (Å²) in [4.78, 5) is 18.1. The first kappa shape index (κ1) is 27.5. The van der Waals surface area contributed by atoms with Crippen molar-refractivity contribution in [3.8, 4) is 17.6 Å². The average Bonchev–Trinajstić information content (AvgIpc) is 2.89. The number of hydrogen-bond donors (Lipinski definition) is 1. The van der Waals surface area contributed by atoms with Crippen LogP contribution in [-0.2, 0) is 17.4 Å². The summed E-state index contributed by atoms with van der Waals surface area (Å²) >= 11 is 0. The van der Waals surface area contributed by atoms with E-state index in [4.69, 9.17) is 4.74 Å². The summed E-state index contributed by atoms with van der Waals surface area (Å²) in [7, 11) is 1.64. The lowest BCUT2D eigenvalue weighted by Crippen LogP contribution is -2.41. The molecule has 0 saturated carbocycles. The molecular formula is C30H31F3N2O3. The number of methoxy groups -OCH3 is 1. The number of fused-ring (bicyclic) bond motifs is 1. The molecule has 2 heterocycles. The molecule has 3 aromatic rings. The molecule has 1 aromatic heterocycles. The molecule has 0 spiro atoms. The van der Waals surface area contributed by atoms with Gasteiger partial charge in [-0.15, -0.1) is 0 Å². The Morgan fingerprint density at radius 1 is 1.18 bits per heavy atom. The third kappa shape index (κ3) is 7.05. The van der Waals surface area contributed by atoms with E-state index in [0.717, 1.165) is 54.9 Å². The van der Waals surface area contributed by atoms with Crippen molar-refractivity contribution < 1.29 is 27.8 Å². The fourth-order valence-electron chi connectivity index (χ4n) is 5.30. The van der Waals surface area contributed by atoms with Gasteiger partial charge in [0.1, 0.15) is 5.75 Å². The first-order valence-electron chi connectivity index (χ1n) is 12.8. The maximum absolute atomic E-state index is 13.2. The summed E-state index contributed by atoms with van der Waals surface area (Å²) in [5.41, 5.74) is 1.32. The molecule has 1 saturated heterocycles. The normalized spacial score (nSPS) is 18.1. The molecule has 0 aliphatic carbocycles. The van der Waals surface area contributed by atoms with Crippen LogP contribution >= 0.6 is 0 Å². The third-order valence-corrected chi connectivity index (χ3v) is 7.23. The number of piperidine rings is 1. The van der Waals surface area contributed by atoms with Crippen molar-refractivity contribution in [3.05, 3.63) is 71.4 Å². The molecule has 8 heteroatoms. The van der Waals surface area contributed by atoms with Crippen LogP contribution in [-0.4, -0.2) is 47.7 Å². The first-order chi connectivity index (χ1) is 18.2. The van der Waals surface area contributed by atoms with Gasteiger partial charge in [-0.1, -0.05) is 24.0 Å². The summed E-state index contributed by atoms with van der Waals surface area (Å²) in [6, 6.07) is 13.2. The summed E-state index contributed by atoms with van der Waals surface area (Å²) in [5.74, 6) is 5.73. The summed E-state index contributed by atoms with van der Waals surface area (Å²) in [5, 5.41) is 10.6. The van der Waals surface area contributed by atoms with Crippen molar-refractivity contribution in [1.29, 1.82) is 0 Å². The highest BCUT2D eigenvalue weighted by molar-refractivity contribution is 5.83. The molecule has 0 bridgehead atoms.